The second-order valence-electron chi connectivity index (χ2n) is 2.95. The van der Waals surface area contributed by atoms with Crippen LogP contribution in [0.4, 0.5) is 5.69 Å². The van der Waals surface area contributed by atoms with Crippen molar-refractivity contribution in [1.82, 2.24) is 4.98 Å². The maximum Gasteiger partial charge on any atom is 0.232 e. The van der Waals surface area contributed by atoms with Crippen molar-refractivity contribution in [3.05, 3.63) is 24.3 Å². The predicted octanol–water partition coefficient (Wildman–Crippen LogP) is 2.27. The van der Waals surface area contributed by atoms with Crippen LogP contribution in [0.1, 0.15) is 0 Å². The van der Waals surface area contributed by atoms with E-state index >= 15 is 0 Å². The first-order valence-electron chi connectivity index (χ1n) is 4.24. The number of guanidine groups is 1. The van der Waals surface area contributed by atoms with Crippen molar-refractivity contribution >= 4 is 35.0 Å². The minimum Gasteiger partial charge on any atom is -0.493 e. The standard InChI is InChI=1S/C9H9N5O.ClH/c10-9(11)14-13-7-5-3-1-2-4-6(5)12-8(7)15;/h1-4,12,15H,(H3,10,11);1H. The van der Waals surface area contributed by atoms with E-state index in [0.29, 0.717) is 5.69 Å². The number of nitrogens with two attached hydrogens (primary N) is 1. The number of hydrogen-bond donors (Lipinski definition) is 4. The molecular formula is C9H10ClN5O. The largest absolute Gasteiger partial charge is 0.493 e. The number of nitrogens with one attached hydrogen (secondary N) is 2. The zero-order valence-electron chi connectivity index (χ0n) is 8.14. The van der Waals surface area contributed by atoms with Crippen molar-refractivity contribution in [2.24, 2.45) is 16.0 Å². The molecule has 0 amide bonds. The summed E-state index contributed by atoms with van der Waals surface area (Å²) >= 11 is 0. The summed E-state index contributed by atoms with van der Waals surface area (Å²) in [5.74, 6) is -0.485. The van der Waals surface area contributed by atoms with Crippen LogP contribution >= 0.6 is 12.4 Å². The molecule has 0 unspecified atom stereocenters. The molecule has 0 atom stereocenters. The number of hydrogen-bond acceptors (Lipinski definition) is 3. The number of aromatic hydroxyl groups is 1. The topological polar surface area (TPSA) is 111 Å². The van der Waals surface area contributed by atoms with E-state index in [1.165, 1.54) is 0 Å². The van der Waals surface area contributed by atoms with Gasteiger partial charge in [0.05, 0.1) is 5.52 Å². The highest BCUT2D eigenvalue weighted by atomic mass is 35.5. The van der Waals surface area contributed by atoms with E-state index < -0.39 is 5.96 Å². The summed E-state index contributed by atoms with van der Waals surface area (Å²) in [6.45, 7) is 0. The minimum atomic E-state index is -0.403. The molecule has 1 aromatic heterocycles. The second-order valence-corrected chi connectivity index (χ2v) is 2.95. The number of fused-ring (bicyclic) bond motifs is 1. The van der Waals surface area contributed by atoms with Gasteiger partial charge in [-0.05, 0) is 6.07 Å². The molecule has 5 N–H and O–H groups in total. The molecule has 0 fully saturated rings. The van der Waals surface area contributed by atoms with Gasteiger partial charge in [0.2, 0.25) is 11.8 Å². The molecule has 84 valence electrons. The van der Waals surface area contributed by atoms with Crippen LogP contribution in [-0.4, -0.2) is 16.1 Å². The van der Waals surface area contributed by atoms with Crippen LogP contribution < -0.4 is 5.73 Å². The Bertz CT molecular complexity index is 548. The number of benzene rings is 1. The summed E-state index contributed by atoms with van der Waals surface area (Å²) in [5, 5.41) is 24.2. The summed E-state index contributed by atoms with van der Waals surface area (Å²) in [4.78, 5) is 2.74. The second kappa shape index (κ2) is 4.63. The molecule has 0 spiro atoms. The van der Waals surface area contributed by atoms with Crippen LogP contribution in [0.25, 0.3) is 10.9 Å². The van der Waals surface area contributed by atoms with Crippen molar-refractivity contribution in [2.75, 3.05) is 0 Å². The van der Waals surface area contributed by atoms with Gasteiger partial charge in [-0.3, -0.25) is 5.41 Å². The molecule has 0 bridgehead atoms. The molecule has 6 nitrogen and oxygen atoms in total. The average molecular weight is 240 g/mol. The van der Waals surface area contributed by atoms with Gasteiger partial charge in [-0.2, -0.15) is 0 Å². The number of azo groups is 1. The molecule has 1 heterocycles. The normalized spacial score (nSPS) is 10.5. The first kappa shape index (κ1) is 12.0. The highest BCUT2D eigenvalue weighted by molar-refractivity contribution is 5.94. The van der Waals surface area contributed by atoms with Gasteiger partial charge in [0, 0.05) is 5.39 Å². The van der Waals surface area contributed by atoms with E-state index in [0.717, 1.165) is 10.9 Å². The number of nitrogens with zero attached hydrogens (tertiary/aromatic N) is 2. The van der Waals surface area contributed by atoms with E-state index in [9.17, 15) is 5.11 Å². The van der Waals surface area contributed by atoms with Gasteiger partial charge >= 0.3 is 0 Å². The van der Waals surface area contributed by atoms with Crippen molar-refractivity contribution in [3.63, 3.8) is 0 Å². The summed E-state index contributed by atoms with van der Waals surface area (Å²) in [5.41, 5.74) is 6.08. The number of halogens is 1. The van der Waals surface area contributed by atoms with Crippen LogP contribution in [-0.2, 0) is 0 Å². The molecule has 0 saturated carbocycles. The van der Waals surface area contributed by atoms with Gasteiger partial charge in [0.25, 0.3) is 0 Å². The van der Waals surface area contributed by atoms with Crippen LogP contribution in [0.15, 0.2) is 34.5 Å². The lowest BCUT2D eigenvalue weighted by Crippen LogP contribution is -2.03. The molecule has 16 heavy (non-hydrogen) atoms. The van der Waals surface area contributed by atoms with Gasteiger partial charge in [-0.25, -0.2) is 0 Å². The Morgan fingerprint density at radius 1 is 1.38 bits per heavy atom. The van der Waals surface area contributed by atoms with Crippen molar-refractivity contribution in [1.29, 1.82) is 5.41 Å². The molecule has 7 heteroatoms. The molecule has 0 aliphatic rings. The quantitative estimate of drug-likeness (QED) is 0.348. The number of para-hydroxylation sites is 1. The van der Waals surface area contributed by atoms with E-state index in [1.54, 1.807) is 6.07 Å². The molecule has 2 rings (SSSR count). The summed E-state index contributed by atoms with van der Waals surface area (Å²) in [7, 11) is 0. The van der Waals surface area contributed by atoms with E-state index in [1.807, 2.05) is 18.2 Å². The predicted molar refractivity (Wildman–Crippen MR) is 63.6 cm³/mol. The third-order valence-corrected chi connectivity index (χ3v) is 1.92. The summed E-state index contributed by atoms with van der Waals surface area (Å²) < 4.78 is 0. The Kier molecular flexibility index (Phi) is 3.47. The Morgan fingerprint density at radius 2 is 2.06 bits per heavy atom. The molecule has 0 aliphatic carbocycles. The van der Waals surface area contributed by atoms with Crippen molar-refractivity contribution in [2.45, 2.75) is 0 Å². The highest BCUT2D eigenvalue weighted by Gasteiger charge is 2.08. The lowest BCUT2D eigenvalue weighted by Gasteiger charge is -1.89. The minimum absolute atomic E-state index is 0. The average Bonchev–Trinajstić information content (AvgIpc) is 2.50. The summed E-state index contributed by atoms with van der Waals surface area (Å²) in [6.07, 6.45) is 0. The highest BCUT2D eigenvalue weighted by Crippen LogP contribution is 2.34. The fourth-order valence-electron chi connectivity index (χ4n) is 1.32. The van der Waals surface area contributed by atoms with Crippen LogP contribution in [0, 0.1) is 5.41 Å². The van der Waals surface area contributed by atoms with Crippen LogP contribution in [0.2, 0.25) is 0 Å². The third-order valence-electron chi connectivity index (χ3n) is 1.92. The van der Waals surface area contributed by atoms with Crippen LogP contribution in [0.3, 0.4) is 0 Å². The fourth-order valence-corrected chi connectivity index (χ4v) is 1.32. The lowest BCUT2D eigenvalue weighted by molar-refractivity contribution is 0.459. The SMILES string of the molecule is Cl.N=C(N)N=Nc1c(O)[nH]c2ccccc12. The molecule has 0 radical (unpaired) electrons. The maximum absolute atomic E-state index is 9.53. The third kappa shape index (κ3) is 2.12. The van der Waals surface area contributed by atoms with Gasteiger partial charge in [0.15, 0.2) is 5.69 Å². The van der Waals surface area contributed by atoms with E-state index in [-0.39, 0.29) is 18.3 Å². The van der Waals surface area contributed by atoms with E-state index in [4.69, 9.17) is 11.1 Å². The smallest absolute Gasteiger partial charge is 0.232 e. The molecular weight excluding hydrogens is 230 g/mol. The van der Waals surface area contributed by atoms with Crippen molar-refractivity contribution in [3.8, 4) is 5.88 Å². The van der Waals surface area contributed by atoms with Crippen LogP contribution in [0.5, 0.6) is 5.88 Å². The zero-order valence-corrected chi connectivity index (χ0v) is 8.95. The number of aromatic nitrogens is 1. The lowest BCUT2D eigenvalue weighted by atomic mass is 10.2. The maximum atomic E-state index is 9.53. The Hall–Kier alpha value is -2.08. The van der Waals surface area contributed by atoms with Gasteiger partial charge in [-0.1, -0.05) is 18.2 Å². The number of aromatic amines is 1. The monoisotopic (exact) mass is 239 g/mol. The van der Waals surface area contributed by atoms with Gasteiger partial charge in [0.1, 0.15) is 0 Å². The molecule has 2 aromatic rings. The zero-order chi connectivity index (χ0) is 10.8. The van der Waals surface area contributed by atoms with Crippen molar-refractivity contribution < 1.29 is 5.11 Å². The Labute approximate surface area is 97.1 Å². The first-order chi connectivity index (χ1) is 7.18. The Balaban J connectivity index is 0.00000128. The molecule has 1 aromatic carbocycles. The Morgan fingerprint density at radius 3 is 2.75 bits per heavy atom. The summed E-state index contributed by atoms with van der Waals surface area (Å²) in [6, 6.07) is 7.26. The fraction of sp³-hybridized carbons (Fsp3) is 0. The number of rotatable bonds is 1. The van der Waals surface area contributed by atoms with Gasteiger partial charge in [-0.15, -0.1) is 22.6 Å². The van der Waals surface area contributed by atoms with Gasteiger partial charge < -0.3 is 15.8 Å². The molecule has 0 saturated heterocycles. The molecule has 0 aliphatic heterocycles. The number of H-pyrrole nitrogens is 1. The first-order valence-corrected chi connectivity index (χ1v) is 4.24. The van der Waals surface area contributed by atoms with E-state index in [2.05, 4.69) is 15.2 Å².